The lowest BCUT2D eigenvalue weighted by Crippen LogP contribution is -2.07. The summed E-state index contributed by atoms with van der Waals surface area (Å²) in [5.74, 6) is 0.716. The lowest BCUT2D eigenvalue weighted by molar-refractivity contribution is 0.0692. The lowest BCUT2D eigenvalue weighted by Gasteiger charge is -2.15. The Balaban J connectivity index is 2.55. The molecule has 0 aliphatic heterocycles. The van der Waals surface area contributed by atoms with Crippen molar-refractivity contribution < 1.29 is 24.1 Å². The first-order valence-corrected chi connectivity index (χ1v) is 7.11. The SMILES string of the molecule is COc1ccc(OC)c(Cc2cc(C)cc(OC)c2C(=O)O)c1. The summed E-state index contributed by atoms with van der Waals surface area (Å²) in [5, 5.41) is 9.54. The second-order valence-electron chi connectivity index (χ2n) is 5.16. The zero-order chi connectivity index (χ0) is 17.0. The number of carboxylic acids is 1. The molecule has 0 aliphatic rings. The second-order valence-corrected chi connectivity index (χ2v) is 5.16. The predicted molar refractivity (Wildman–Crippen MR) is 87.0 cm³/mol. The van der Waals surface area contributed by atoms with Crippen molar-refractivity contribution in [3.05, 3.63) is 52.6 Å². The number of aromatic carboxylic acids is 1. The molecule has 0 radical (unpaired) electrons. The molecule has 0 spiro atoms. The summed E-state index contributed by atoms with van der Waals surface area (Å²) >= 11 is 0. The summed E-state index contributed by atoms with van der Waals surface area (Å²) < 4.78 is 15.8. The summed E-state index contributed by atoms with van der Waals surface area (Å²) in [7, 11) is 4.64. The molecule has 0 aromatic heterocycles. The van der Waals surface area contributed by atoms with Gasteiger partial charge in [0.15, 0.2) is 0 Å². The van der Waals surface area contributed by atoms with E-state index in [9.17, 15) is 9.90 Å². The van der Waals surface area contributed by atoms with E-state index in [2.05, 4.69) is 0 Å². The van der Waals surface area contributed by atoms with Gasteiger partial charge < -0.3 is 19.3 Å². The Morgan fingerprint density at radius 3 is 2.22 bits per heavy atom. The fourth-order valence-corrected chi connectivity index (χ4v) is 2.59. The maximum Gasteiger partial charge on any atom is 0.339 e. The Morgan fingerprint density at radius 1 is 0.957 bits per heavy atom. The Bertz CT molecular complexity index is 722. The molecule has 0 bridgehead atoms. The van der Waals surface area contributed by atoms with E-state index >= 15 is 0 Å². The van der Waals surface area contributed by atoms with Crippen molar-refractivity contribution in [3.8, 4) is 17.2 Å². The average Bonchev–Trinajstić information content (AvgIpc) is 2.53. The maximum atomic E-state index is 11.6. The van der Waals surface area contributed by atoms with Crippen LogP contribution in [0.15, 0.2) is 30.3 Å². The Morgan fingerprint density at radius 2 is 1.65 bits per heavy atom. The van der Waals surface area contributed by atoms with Crippen LogP contribution in [0, 0.1) is 6.92 Å². The van der Waals surface area contributed by atoms with Gasteiger partial charge in [-0.15, -0.1) is 0 Å². The van der Waals surface area contributed by atoms with E-state index in [0.29, 0.717) is 29.2 Å². The maximum absolute atomic E-state index is 11.6. The lowest BCUT2D eigenvalue weighted by atomic mass is 9.96. The smallest absolute Gasteiger partial charge is 0.339 e. The normalized spacial score (nSPS) is 10.3. The van der Waals surface area contributed by atoms with Crippen molar-refractivity contribution >= 4 is 5.97 Å². The largest absolute Gasteiger partial charge is 0.497 e. The zero-order valence-electron chi connectivity index (χ0n) is 13.7. The van der Waals surface area contributed by atoms with Crippen LogP contribution in [0.2, 0.25) is 0 Å². The Kier molecular flexibility index (Phi) is 5.11. The molecule has 122 valence electrons. The Hall–Kier alpha value is -2.69. The van der Waals surface area contributed by atoms with Gasteiger partial charge in [-0.1, -0.05) is 6.07 Å². The van der Waals surface area contributed by atoms with Crippen molar-refractivity contribution in [2.75, 3.05) is 21.3 Å². The van der Waals surface area contributed by atoms with Crippen molar-refractivity contribution in [3.63, 3.8) is 0 Å². The summed E-state index contributed by atoms with van der Waals surface area (Å²) in [5.41, 5.74) is 2.62. The first-order valence-electron chi connectivity index (χ1n) is 7.11. The van der Waals surface area contributed by atoms with Gasteiger partial charge in [0.05, 0.1) is 21.3 Å². The quantitative estimate of drug-likeness (QED) is 0.885. The summed E-state index contributed by atoms with van der Waals surface area (Å²) in [4.78, 5) is 11.6. The minimum absolute atomic E-state index is 0.169. The van der Waals surface area contributed by atoms with Gasteiger partial charge in [-0.2, -0.15) is 0 Å². The van der Waals surface area contributed by atoms with Gasteiger partial charge in [-0.05, 0) is 42.3 Å². The number of hydrogen-bond acceptors (Lipinski definition) is 4. The van der Waals surface area contributed by atoms with E-state index in [1.165, 1.54) is 7.11 Å². The third kappa shape index (κ3) is 3.56. The van der Waals surface area contributed by atoms with Gasteiger partial charge in [0.1, 0.15) is 22.8 Å². The first kappa shape index (κ1) is 16.7. The van der Waals surface area contributed by atoms with E-state index in [1.54, 1.807) is 26.4 Å². The molecule has 0 unspecified atom stereocenters. The summed E-state index contributed by atoms with van der Waals surface area (Å²) in [6, 6.07) is 9.03. The van der Waals surface area contributed by atoms with Crippen LogP contribution >= 0.6 is 0 Å². The number of ether oxygens (including phenoxy) is 3. The molecular weight excluding hydrogens is 296 g/mol. The molecule has 1 N–H and O–H groups in total. The highest BCUT2D eigenvalue weighted by atomic mass is 16.5. The van der Waals surface area contributed by atoms with Gasteiger partial charge in [0.2, 0.25) is 0 Å². The van der Waals surface area contributed by atoms with Crippen molar-refractivity contribution in [2.24, 2.45) is 0 Å². The van der Waals surface area contributed by atoms with Gasteiger partial charge in [0.25, 0.3) is 0 Å². The van der Waals surface area contributed by atoms with Crippen molar-refractivity contribution in [1.29, 1.82) is 0 Å². The molecule has 5 nitrogen and oxygen atoms in total. The van der Waals surface area contributed by atoms with E-state index in [0.717, 1.165) is 11.1 Å². The number of methoxy groups -OCH3 is 3. The number of rotatable bonds is 6. The molecule has 0 saturated heterocycles. The highest BCUT2D eigenvalue weighted by Gasteiger charge is 2.19. The molecule has 0 fully saturated rings. The topological polar surface area (TPSA) is 65.0 Å². The number of carbonyl (C=O) groups is 1. The highest BCUT2D eigenvalue weighted by Crippen LogP contribution is 2.31. The summed E-state index contributed by atoms with van der Waals surface area (Å²) in [6.45, 7) is 1.90. The van der Waals surface area contributed by atoms with Crippen LogP contribution in [0.25, 0.3) is 0 Å². The standard InChI is InChI=1S/C18H20O5/c1-11-7-13(17(18(19)20)16(8-11)23-4)9-12-10-14(21-2)5-6-15(12)22-3/h5-8,10H,9H2,1-4H3,(H,19,20). The van der Waals surface area contributed by atoms with E-state index in [-0.39, 0.29) is 5.56 Å². The molecule has 5 heteroatoms. The van der Waals surface area contributed by atoms with Gasteiger partial charge >= 0.3 is 5.97 Å². The van der Waals surface area contributed by atoms with E-state index in [1.807, 2.05) is 25.1 Å². The Labute approximate surface area is 135 Å². The molecule has 2 aromatic rings. The number of aryl methyl sites for hydroxylation is 1. The third-order valence-electron chi connectivity index (χ3n) is 3.63. The van der Waals surface area contributed by atoms with Crippen LogP contribution in [-0.2, 0) is 6.42 Å². The van der Waals surface area contributed by atoms with Crippen LogP contribution in [0.5, 0.6) is 17.2 Å². The van der Waals surface area contributed by atoms with Crippen LogP contribution in [-0.4, -0.2) is 32.4 Å². The van der Waals surface area contributed by atoms with Gasteiger partial charge in [-0.3, -0.25) is 0 Å². The fraction of sp³-hybridized carbons (Fsp3) is 0.278. The fourth-order valence-electron chi connectivity index (χ4n) is 2.59. The zero-order valence-corrected chi connectivity index (χ0v) is 13.7. The van der Waals surface area contributed by atoms with Crippen molar-refractivity contribution in [2.45, 2.75) is 13.3 Å². The molecule has 0 aliphatic carbocycles. The summed E-state index contributed by atoms with van der Waals surface area (Å²) in [6.07, 6.45) is 0.403. The average molecular weight is 316 g/mol. The predicted octanol–water partition coefficient (Wildman–Crippen LogP) is 3.31. The number of carboxylic acid groups (broad SMARTS) is 1. The first-order chi connectivity index (χ1) is 11.0. The third-order valence-corrected chi connectivity index (χ3v) is 3.63. The minimum atomic E-state index is -1.02. The molecule has 2 aromatic carbocycles. The van der Waals surface area contributed by atoms with Crippen LogP contribution in [0.1, 0.15) is 27.0 Å². The number of benzene rings is 2. The molecule has 2 rings (SSSR count). The van der Waals surface area contributed by atoms with Gasteiger partial charge in [-0.25, -0.2) is 4.79 Å². The number of hydrogen-bond donors (Lipinski definition) is 1. The molecular formula is C18H20O5. The molecule has 0 atom stereocenters. The molecule has 0 amide bonds. The molecule has 23 heavy (non-hydrogen) atoms. The minimum Gasteiger partial charge on any atom is -0.497 e. The monoisotopic (exact) mass is 316 g/mol. The van der Waals surface area contributed by atoms with Gasteiger partial charge in [0, 0.05) is 12.0 Å². The van der Waals surface area contributed by atoms with Crippen LogP contribution in [0.3, 0.4) is 0 Å². The molecule has 0 saturated carbocycles. The second kappa shape index (κ2) is 7.05. The van der Waals surface area contributed by atoms with Crippen molar-refractivity contribution in [1.82, 2.24) is 0 Å². The highest BCUT2D eigenvalue weighted by molar-refractivity contribution is 5.93. The van der Waals surface area contributed by atoms with E-state index < -0.39 is 5.97 Å². The van der Waals surface area contributed by atoms with E-state index in [4.69, 9.17) is 14.2 Å². The van der Waals surface area contributed by atoms with Crippen LogP contribution < -0.4 is 14.2 Å². The van der Waals surface area contributed by atoms with Crippen LogP contribution in [0.4, 0.5) is 0 Å². The molecule has 0 heterocycles.